The molecule has 6 rings (SSSR count). The van der Waals surface area contributed by atoms with E-state index < -0.39 is 16.1 Å². The molecule has 0 saturated carbocycles. The number of piperazine rings is 1. The lowest BCUT2D eigenvalue weighted by Crippen LogP contribution is -2.44. The number of primary sulfonamides is 1. The highest BCUT2D eigenvalue weighted by Gasteiger charge is 2.17. The number of hydrogen-bond donors (Lipinski definition) is 4. The van der Waals surface area contributed by atoms with E-state index >= 15 is 0 Å². The fourth-order valence-corrected chi connectivity index (χ4v) is 6.83. The van der Waals surface area contributed by atoms with E-state index in [1.165, 1.54) is 35.9 Å². The first-order valence-corrected chi connectivity index (χ1v) is 17.3. The summed E-state index contributed by atoms with van der Waals surface area (Å²) in [4.78, 5) is 30.7. The number of para-hydroxylation sites is 1. The van der Waals surface area contributed by atoms with Crippen LogP contribution in [0.2, 0.25) is 0 Å². The van der Waals surface area contributed by atoms with Crippen LogP contribution in [0.4, 0.5) is 27.1 Å². The van der Waals surface area contributed by atoms with Crippen molar-refractivity contribution in [2.75, 3.05) is 69.4 Å². The number of nitrogens with two attached hydrogens (primary N) is 1. The zero-order valence-corrected chi connectivity index (χ0v) is 27.5. The number of ether oxygens (including phenoxy) is 2. The molecule has 5 N–H and O–H groups in total. The lowest BCUT2D eigenvalue weighted by atomic mass is 10.2. The molecule has 0 spiro atoms. The molecule has 1 fully saturated rings. The third kappa shape index (κ3) is 7.86. The van der Waals surface area contributed by atoms with Crippen LogP contribution >= 0.6 is 11.3 Å². The molecule has 16 heteroatoms. The number of amides is 2. The number of methoxy groups -OCH3 is 1. The minimum absolute atomic E-state index is 0.0636. The van der Waals surface area contributed by atoms with Gasteiger partial charge in [-0.3, -0.25) is 5.32 Å². The second kappa shape index (κ2) is 14.0. The predicted molar refractivity (Wildman–Crippen MR) is 183 cm³/mol. The quantitative estimate of drug-likeness (QED) is 0.147. The molecule has 3 aromatic carbocycles. The fourth-order valence-electron chi connectivity index (χ4n) is 5.24. The van der Waals surface area contributed by atoms with Gasteiger partial charge in [-0.2, -0.15) is 0 Å². The summed E-state index contributed by atoms with van der Waals surface area (Å²) >= 11 is 1.26. The number of aromatic nitrogens is 3. The molecular weight excluding hydrogens is 643 g/mol. The average molecular weight is 678 g/mol. The van der Waals surface area contributed by atoms with Gasteiger partial charge in [0.05, 0.1) is 35.1 Å². The Kier molecular flexibility index (Phi) is 9.65. The van der Waals surface area contributed by atoms with E-state index in [1.54, 1.807) is 13.2 Å². The highest BCUT2D eigenvalue weighted by Crippen LogP contribution is 2.36. The lowest BCUT2D eigenvalue weighted by molar-refractivity contribution is 0.145. The molecule has 3 heterocycles. The lowest BCUT2D eigenvalue weighted by Gasteiger charge is -2.32. The first kappa shape index (κ1) is 32.3. The third-order valence-electron chi connectivity index (χ3n) is 7.71. The van der Waals surface area contributed by atoms with Gasteiger partial charge in [0.2, 0.25) is 10.0 Å². The van der Waals surface area contributed by atoms with Gasteiger partial charge in [0, 0.05) is 49.9 Å². The van der Waals surface area contributed by atoms with Gasteiger partial charge < -0.3 is 29.9 Å². The number of fused-ring (bicyclic) bond motifs is 2. The molecule has 1 aliphatic rings. The number of sulfonamides is 1. The Morgan fingerprint density at radius 1 is 1.00 bits per heavy atom. The number of carbonyl (C=O) groups excluding carboxylic acids is 1. The Morgan fingerprint density at radius 2 is 1.81 bits per heavy atom. The second-order valence-electron chi connectivity index (χ2n) is 11.0. The minimum atomic E-state index is -4.02. The van der Waals surface area contributed by atoms with Crippen molar-refractivity contribution in [2.45, 2.75) is 11.3 Å². The van der Waals surface area contributed by atoms with Crippen molar-refractivity contribution in [2.24, 2.45) is 5.14 Å². The fraction of sp³-hybridized carbons (Fsp3) is 0.290. The van der Waals surface area contributed by atoms with E-state index in [0.29, 0.717) is 40.1 Å². The van der Waals surface area contributed by atoms with Gasteiger partial charge in [-0.05, 0) is 49.9 Å². The summed E-state index contributed by atoms with van der Waals surface area (Å²) in [5, 5.41) is 14.9. The van der Waals surface area contributed by atoms with E-state index in [1.807, 2.05) is 30.3 Å². The van der Waals surface area contributed by atoms with Gasteiger partial charge in [0.25, 0.3) is 0 Å². The van der Waals surface area contributed by atoms with Gasteiger partial charge in [-0.1, -0.05) is 23.5 Å². The molecule has 47 heavy (non-hydrogen) atoms. The molecular formula is C31H35N9O5S2. The SMILES string of the molecule is COc1cc2c(Nc3ccc4nc(NC(=O)Nc5ccccc5S(N)(=O)=O)sc4c3)ncnc2cc1OCCCN1CCN(C)CC1. The van der Waals surface area contributed by atoms with Gasteiger partial charge in [-0.25, -0.2) is 33.3 Å². The maximum absolute atomic E-state index is 12.7. The Balaban J connectivity index is 1.12. The number of carbonyl (C=O) groups is 1. The highest BCUT2D eigenvalue weighted by molar-refractivity contribution is 7.89. The van der Waals surface area contributed by atoms with Crippen LogP contribution in [0.3, 0.4) is 0 Å². The topological polar surface area (TPSA) is 177 Å². The molecule has 2 amide bonds. The number of urea groups is 1. The van der Waals surface area contributed by atoms with E-state index in [9.17, 15) is 13.2 Å². The molecule has 0 bridgehead atoms. The van der Waals surface area contributed by atoms with Crippen LogP contribution in [0.1, 0.15) is 6.42 Å². The summed E-state index contributed by atoms with van der Waals surface area (Å²) in [6.45, 7) is 5.90. The van der Waals surface area contributed by atoms with Gasteiger partial charge in [-0.15, -0.1) is 0 Å². The van der Waals surface area contributed by atoms with Crippen LogP contribution in [-0.2, 0) is 10.0 Å². The maximum atomic E-state index is 12.7. The van der Waals surface area contributed by atoms with Crippen LogP contribution in [0.15, 0.2) is 65.8 Å². The molecule has 5 aromatic rings. The number of rotatable bonds is 11. The van der Waals surface area contributed by atoms with Crippen LogP contribution in [0, 0.1) is 0 Å². The Hall–Kier alpha value is -4.61. The third-order valence-corrected chi connectivity index (χ3v) is 9.61. The molecule has 2 aromatic heterocycles. The predicted octanol–water partition coefficient (Wildman–Crippen LogP) is 4.30. The summed E-state index contributed by atoms with van der Waals surface area (Å²) < 4.78 is 36.3. The zero-order valence-electron chi connectivity index (χ0n) is 25.9. The summed E-state index contributed by atoms with van der Waals surface area (Å²) in [6.07, 6.45) is 2.41. The van der Waals surface area contributed by atoms with E-state index in [0.717, 1.165) is 54.9 Å². The average Bonchev–Trinajstić information content (AvgIpc) is 3.44. The van der Waals surface area contributed by atoms with Crippen LogP contribution in [-0.4, -0.2) is 92.7 Å². The summed E-state index contributed by atoms with van der Waals surface area (Å²) in [7, 11) is -0.258. The number of nitrogens with zero attached hydrogens (tertiary/aromatic N) is 5. The number of thiazole rings is 1. The van der Waals surface area contributed by atoms with Crippen LogP contribution in [0.25, 0.3) is 21.1 Å². The van der Waals surface area contributed by atoms with Crippen molar-refractivity contribution >= 4 is 70.8 Å². The number of anilines is 4. The zero-order chi connectivity index (χ0) is 33.0. The Labute approximate surface area is 276 Å². The molecule has 0 unspecified atom stereocenters. The monoisotopic (exact) mass is 677 g/mol. The first-order chi connectivity index (χ1) is 22.7. The van der Waals surface area contributed by atoms with E-state index in [-0.39, 0.29) is 10.6 Å². The van der Waals surface area contributed by atoms with E-state index in [2.05, 4.69) is 47.7 Å². The van der Waals surface area contributed by atoms with Gasteiger partial charge >= 0.3 is 6.03 Å². The standard InChI is InChI=1S/C31H35N9O5S2/c1-39-11-13-40(14-12-39)10-5-15-45-26-18-24-21(17-25(26)44-2)29(34-19-33-24)35-20-8-9-22-27(16-20)46-31(37-22)38-30(41)36-23-6-3-4-7-28(23)47(32,42)43/h3-4,6-9,16-19H,5,10-15H2,1-2H3,(H2,32,42,43)(H,33,34,35)(H2,36,37,38,41). The molecule has 0 aliphatic carbocycles. The van der Waals surface area contributed by atoms with Crippen LogP contribution < -0.4 is 30.6 Å². The molecule has 246 valence electrons. The van der Waals surface area contributed by atoms with Crippen molar-refractivity contribution in [3.63, 3.8) is 0 Å². The van der Waals surface area contributed by atoms with Gasteiger partial charge in [0.1, 0.15) is 17.0 Å². The molecule has 1 aliphatic heterocycles. The van der Waals surface area contributed by atoms with E-state index in [4.69, 9.17) is 14.6 Å². The molecule has 14 nitrogen and oxygen atoms in total. The van der Waals surface area contributed by atoms with Crippen molar-refractivity contribution in [3.8, 4) is 11.5 Å². The minimum Gasteiger partial charge on any atom is -0.493 e. The Bertz CT molecular complexity index is 2010. The maximum Gasteiger partial charge on any atom is 0.325 e. The number of hydrogen-bond acceptors (Lipinski definition) is 12. The number of nitrogens with one attached hydrogen (secondary N) is 3. The number of benzene rings is 3. The largest absolute Gasteiger partial charge is 0.493 e. The van der Waals surface area contributed by atoms with Crippen molar-refractivity contribution < 1.29 is 22.7 Å². The van der Waals surface area contributed by atoms with Crippen molar-refractivity contribution in [1.29, 1.82) is 0 Å². The summed E-state index contributed by atoms with van der Waals surface area (Å²) in [5.41, 5.74) is 2.19. The first-order valence-electron chi connectivity index (χ1n) is 14.9. The number of likely N-dealkylation sites (N-methyl/N-ethyl adjacent to an activating group) is 1. The second-order valence-corrected chi connectivity index (χ2v) is 13.6. The highest BCUT2D eigenvalue weighted by atomic mass is 32.2. The summed E-state index contributed by atoms with van der Waals surface area (Å²) in [6, 6.07) is 14.5. The van der Waals surface area contributed by atoms with Crippen molar-refractivity contribution in [3.05, 3.63) is 60.9 Å². The smallest absolute Gasteiger partial charge is 0.325 e. The molecule has 0 radical (unpaired) electrons. The Morgan fingerprint density at radius 3 is 2.60 bits per heavy atom. The normalized spacial score (nSPS) is 14.3. The van der Waals surface area contributed by atoms with Crippen molar-refractivity contribution in [1.82, 2.24) is 24.8 Å². The molecule has 0 atom stereocenters. The van der Waals surface area contributed by atoms with Crippen LogP contribution in [0.5, 0.6) is 11.5 Å². The van der Waals surface area contributed by atoms with Gasteiger partial charge in [0.15, 0.2) is 16.6 Å². The summed E-state index contributed by atoms with van der Waals surface area (Å²) in [5.74, 6) is 1.81. The molecule has 1 saturated heterocycles.